The largest absolute Gasteiger partial charge is 0.287 e. The third-order valence-electron chi connectivity index (χ3n) is 1.91. The standard InChI is InChI=1S/C9H13BrN2/c1-3-7(2)9-6-8(10)4-5-12(9)11/h4-6H,3,11H2,1-2H3/b9-7-. The minimum Gasteiger partial charge on any atom is -0.287 e. The molecule has 0 saturated heterocycles. The predicted octanol–water partition coefficient (Wildman–Crippen LogP) is 2.65. The fourth-order valence-corrected chi connectivity index (χ4v) is 1.34. The van der Waals surface area contributed by atoms with Crippen LogP contribution in [-0.2, 0) is 0 Å². The van der Waals surface area contributed by atoms with Crippen molar-refractivity contribution in [2.45, 2.75) is 20.3 Å². The molecule has 2 nitrogen and oxygen atoms in total. The summed E-state index contributed by atoms with van der Waals surface area (Å²) in [5.74, 6) is 5.74. The molecule has 0 spiro atoms. The highest BCUT2D eigenvalue weighted by molar-refractivity contribution is 9.11. The molecule has 2 N–H and O–H groups in total. The smallest absolute Gasteiger partial charge is 0.0568 e. The molecule has 0 saturated carbocycles. The number of halogens is 1. The van der Waals surface area contributed by atoms with Crippen LogP contribution in [0.1, 0.15) is 20.3 Å². The van der Waals surface area contributed by atoms with E-state index in [4.69, 9.17) is 5.84 Å². The third-order valence-corrected chi connectivity index (χ3v) is 2.41. The minimum atomic E-state index is 1.02. The molecule has 0 fully saturated rings. The second-order valence-electron chi connectivity index (χ2n) is 2.77. The van der Waals surface area contributed by atoms with Crippen molar-refractivity contribution in [1.82, 2.24) is 5.01 Å². The fraction of sp³-hybridized carbons (Fsp3) is 0.333. The van der Waals surface area contributed by atoms with Crippen LogP contribution in [0.4, 0.5) is 0 Å². The first kappa shape index (κ1) is 9.55. The molecule has 1 rings (SSSR count). The number of nitrogens with zero attached hydrogens (tertiary/aromatic N) is 1. The molecular formula is C9H13BrN2. The highest BCUT2D eigenvalue weighted by Gasteiger charge is 2.07. The van der Waals surface area contributed by atoms with E-state index >= 15 is 0 Å². The molecule has 0 radical (unpaired) electrons. The SMILES string of the molecule is CC/C(C)=C1/C=C(Br)C=CN1N. The Morgan fingerprint density at radius 3 is 2.92 bits per heavy atom. The van der Waals surface area contributed by atoms with Crippen LogP contribution < -0.4 is 5.84 Å². The van der Waals surface area contributed by atoms with Gasteiger partial charge in [0.1, 0.15) is 0 Å². The van der Waals surface area contributed by atoms with E-state index in [1.54, 1.807) is 5.01 Å². The van der Waals surface area contributed by atoms with Crippen molar-refractivity contribution in [2.24, 2.45) is 5.84 Å². The van der Waals surface area contributed by atoms with Gasteiger partial charge in [-0.3, -0.25) is 5.01 Å². The summed E-state index contributed by atoms with van der Waals surface area (Å²) in [5, 5.41) is 1.64. The van der Waals surface area contributed by atoms with Crippen LogP contribution in [0, 0.1) is 0 Å². The molecule has 12 heavy (non-hydrogen) atoms. The molecule has 0 amide bonds. The fourth-order valence-electron chi connectivity index (χ4n) is 1.01. The Labute approximate surface area is 81.5 Å². The van der Waals surface area contributed by atoms with E-state index in [1.807, 2.05) is 18.4 Å². The zero-order chi connectivity index (χ0) is 9.14. The van der Waals surface area contributed by atoms with Crippen molar-refractivity contribution in [2.75, 3.05) is 0 Å². The molecule has 1 heterocycles. The van der Waals surface area contributed by atoms with E-state index in [9.17, 15) is 0 Å². The van der Waals surface area contributed by atoms with Crippen LogP contribution in [0.5, 0.6) is 0 Å². The van der Waals surface area contributed by atoms with E-state index < -0.39 is 0 Å². The summed E-state index contributed by atoms with van der Waals surface area (Å²) in [6.45, 7) is 4.21. The number of hydrogen-bond donors (Lipinski definition) is 1. The summed E-state index contributed by atoms with van der Waals surface area (Å²) in [6, 6.07) is 0. The first-order valence-electron chi connectivity index (χ1n) is 3.94. The van der Waals surface area contributed by atoms with Crippen LogP contribution in [0.3, 0.4) is 0 Å². The van der Waals surface area contributed by atoms with Gasteiger partial charge in [0.2, 0.25) is 0 Å². The molecule has 0 bridgehead atoms. The molecule has 1 aliphatic heterocycles. The van der Waals surface area contributed by atoms with E-state index in [2.05, 4.69) is 29.8 Å². The third kappa shape index (κ3) is 1.99. The Hall–Kier alpha value is -0.540. The normalized spacial score (nSPS) is 21.0. The van der Waals surface area contributed by atoms with Crippen LogP contribution >= 0.6 is 15.9 Å². The minimum absolute atomic E-state index is 1.02. The first-order valence-corrected chi connectivity index (χ1v) is 4.73. The number of hydrazine groups is 1. The van der Waals surface area contributed by atoms with Gasteiger partial charge in [-0.05, 0) is 31.1 Å². The summed E-state index contributed by atoms with van der Waals surface area (Å²) in [5.41, 5.74) is 2.37. The molecule has 0 unspecified atom stereocenters. The lowest BCUT2D eigenvalue weighted by molar-refractivity contribution is 0.496. The Balaban J connectivity index is 2.99. The monoisotopic (exact) mass is 228 g/mol. The van der Waals surface area contributed by atoms with E-state index in [1.165, 1.54) is 5.57 Å². The van der Waals surface area contributed by atoms with E-state index in [0.29, 0.717) is 0 Å². The average molecular weight is 229 g/mol. The van der Waals surface area contributed by atoms with Crippen molar-refractivity contribution < 1.29 is 0 Å². The molecule has 0 atom stereocenters. The van der Waals surface area contributed by atoms with Crippen molar-refractivity contribution in [3.05, 3.63) is 34.1 Å². The maximum atomic E-state index is 5.74. The Kier molecular flexibility index (Phi) is 3.12. The van der Waals surface area contributed by atoms with Crippen molar-refractivity contribution in [1.29, 1.82) is 0 Å². The molecule has 0 aromatic carbocycles. The lowest BCUT2D eigenvalue weighted by Crippen LogP contribution is -2.25. The second kappa shape index (κ2) is 3.92. The van der Waals surface area contributed by atoms with Gasteiger partial charge < -0.3 is 0 Å². The Morgan fingerprint density at radius 2 is 2.33 bits per heavy atom. The highest BCUT2D eigenvalue weighted by Crippen LogP contribution is 2.21. The molecule has 0 aromatic heterocycles. The average Bonchev–Trinajstić information content (AvgIpc) is 2.08. The van der Waals surface area contributed by atoms with Gasteiger partial charge in [-0.1, -0.05) is 22.9 Å². The Morgan fingerprint density at radius 1 is 1.67 bits per heavy atom. The van der Waals surface area contributed by atoms with Crippen LogP contribution in [0.2, 0.25) is 0 Å². The lowest BCUT2D eigenvalue weighted by atomic mass is 10.1. The zero-order valence-electron chi connectivity index (χ0n) is 7.34. The molecule has 1 aliphatic rings. The van der Waals surface area contributed by atoms with Crippen molar-refractivity contribution in [3.63, 3.8) is 0 Å². The first-order chi connectivity index (χ1) is 5.65. The van der Waals surface area contributed by atoms with Gasteiger partial charge >= 0.3 is 0 Å². The van der Waals surface area contributed by atoms with Crippen LogP contribution in [-0.4, -0.2) is 5.01 Å². The summed E-state index contributed by atoms with van der Waals surface area (Å²) >= 11 is 3.41. The molecule has 0 aliphatic carbocycles. The van der Waals surface area contributed by atoms with Crippen molar-refractivity contribution >= 4 is 15.9 Å². The number of allylic oxidation sites excluding steroid dienone is 4. The van der Waals surface area contributed by atoms with Gasteiger partial charge in [0, 0.05) is 10.7 Å². The predicted molar refractivity (Wildman–Crippen MR) is 55.2 cm³/mol. The topological polar surface area (TPSA) is 29.3 Å². The van der Waals surface area contributed by atoms with Crippen molar-refractivity contribution in [3.8, 4) is 0 Å². The maximum Gasteiger partial charge on any atom is 0.0568 e. The molecule has 0 aromatic rings. The van der Waals surface area contributed by atoms with Gasteiger partial charge in [-0.2, -0.15) is 0 Å². The zero-order valence-corrected chi connectivity index (χ0v) is 8.93. The second-order valence-corrected chi connectivity index (χ2v) is 3.69. The Bertz CT molecular complexity index is 264. The highest BCUT2D eigenvalue weighted by atomic mass is 79.9. The van der Waals surface area contributed by atoms with Crippen LogP contribution in [0.15, 0.2) is 34.1 Å². The molecule has 3 heteroatoms. The summed E-state index contributed by atoms with van der Waals surface area (Å²) < 4.78 is 1.06. The molecule has 66 valence electrons. The molecular weight excluding hydrogens is 216 g/mol. The van der Waals surface area contributed by atoms with Gasteiger partial charge in [0.15, 0.2) is 0 Å². The summed E-state index contributed by atoms with van der Waals surface area (Å²) in [4.78, 5) is 0. The van der Waals surface area contributed by atoms with Gasteiger partial charge in [-0.25, -0.2) is 5.84 Å². The quantitative estimate of drug-likeness (QED) is 0.700. The van der Waals surface area contributed by atoms with Gasteiger partial charge in [0.25, 0.3) is 0 Å². The van der Waals surface area contributed by atoms with E-state index in [-0.39, 0.29) is 0 Å². The summed E-state index contributed by atoms with van der Waals surface area (Å²) in [7, 11) is 0. The summed E-state index contributed by atoms with van der Waals surface area (Å²) in [6.07, 6.45) is 6.82. The number of hydrogen-bond acceptors (Lipinski definition) is 2. The lowest BCUT2D eigenvalue weighted by Gasteiger charge is -2.20. The van der Waals surface area contributed by atoms with Gasteiger partial charge in [0.05, 0.1) is 5.70 Å². The van der Waals surface area contributed by atoms with E-state index in [0.717, 1.165) is 16.6 Å². The maximum absolute atomic E-state index is 5.74. The number of rotatable bonds is 1. The van der Waals surface area contributed by atoms with Crippen LogP contribution in [0.25, 0.3) is 0 Å². The number of nitrogens with two attached hydrogens (primary N) is 1. The van der Waals surface area contributed by atoms with Gasteiger partial charge in [-0.15, -0.1) is 0 Å².